The Morgan fingerprint density at radius 3 is 2.81 bits per heavy atom. The van der Waals surface area contributed by atoms with Crippen molar-refractivity contribution in [2.45, 2.75) is 5.16 Å². The third-order valence-corrected chi connectivity index (χ3v) is 3.44. The van der Waals surface area contributed by atoms with Gasteiger partial charge in [-0.1, -0.05) is 52.5 Å². The summed E-state index contributed by atoms with van der Waals surface area (Å²) in [4.78, 5) is 4.22. The summed E-state index contributed by atoms with van der Waals surface area (Å²) < 4.78 is 2.70. The molecule has 16 heavy (non-hydrogen) atoms. The Bertz CT molecular complexity index is 481. The third-order valence-electron chi connectivity index (χ3n) is 1.85. The normalized spacial score (nSPS) is 10.3. The van der Waals surface area contributed by atoms with E-state index in [1.807, 2.05) is 30.3 Å². The van der Waals surface area contributed by atoms with Gasteiger partial charge < -0.3 is 0 Å². The van der Waals surface area contributed by atoms with Gasteiger partial charge in [0, 0.05) is 5.75 Å². The summed E-state index contributed by atoms with van der Waals surface area (Å²) >= 11 is 4.86. The van der Waals surface area contributed by atoms with Crippen molar-refractivity contribution in [3.8, 4) is 5.69 Å². The van der Waals surface area contributed by atoms with Gasteiger partial charge in [0.1, 0.15) is 6.33 Å². The smallest absolute Gasteiger partial charge is 0.209 e. The van der Waals surface area contributed by atoms with E-state index in [2.05, 4.69) is 32.6 Å². The molecule has 0 fully saturated rings. The van der Waals surface area contributed by atoms with E-state index in [1.54, 1.807) is 22.8 Å². The van der Waals surface area contributed by atoms with Crippen LogP contribution in [0.2, 0.25) is 0 Å². The molecule has 0 spiro atoms. The van der Waals surface area contributed by atoms with E-state index in [4.69, 9.17) is 0 Å². The minimum atomic E-state index is 0.754. The quantitative estimate of drug-likeness (QED) is 0.811. The number of hydrogen-bond acceptors (Lipinski definition) is 3. The van der Waals surface area contributed by atoms with Gasteiger partial charge in [0.05, 0.1) is 5.69 Å². The van der Waals surface area contributed by atoms with Crippen LogP contribution in [-0.4, -0.2) is 20.5 Å². The number of aromatic nitrogens is 3. The van der Waals surface area contributed by atoms with Gasteiger partial charge in [0.15, 0.2) is 0 Å². The van der Waals surface area contributed by atoms with Crippen LogP contribution in [0.15, 0.2) is 52.9 Å². The first-order valence-corrected chi connectivity index (χ1v) is 6.47. The SMILES string of the molecule is C=C(Br)CSc1ncn(-c2ccccc2)n1. The standard InChI is InChI=1S/C11H10BrN3S/c1-9(12)7-16-11-13-8-15(14-11)10-5-3-2-4-6-10/h2-6,8H,1,7H2. The Labute approximate surface area is 107 Å². The van der Waals surface area contributed by atoms with Crippen LogP contribution in [0.4, 0.5) is 0 Å². The fourth-order valence-corrected chi connectivity index (χ4v) is 2.06. The molecule has 1 heterocycles. The van der Waals surface area contributed by atoms with Crippen molar-refractivity contribution >= 4 is 27.7 Å². The largest absolute Gasteiger partial charge is 0.220 e. The number of benzene rings is 1. The second-order valence-electron chi connectivity index (χ2n) is 3.11. The fourth-order valence-electron chi connectivity index (χ4n) is 1.16. The zero-order chi connectivity index (χ0) is 11.4. The average molecular weight is 296 g/mol. The topological polar surface area (TPSA) is 30.7 Å². The summed E-state index contributed by atoms with van der Waals surface area (Å²) in [5.74, 6) is 0.777. The Morgan fingerprint density at radius 2 is 2.12 bits per heavy atom. The fraction of sp³-hybridized carbons (Fsp3) is 0.0909. The molecule has 0 aliphatic rings. The highest BCUT2D eigenvalue weighted by atomic mass is 79.9. The lowest BCUT2D eigenvalue weighted by molar-refractivity contribution is 0.835. The molecule has 0 bridgehead atoms. The van der Waals surface area contributed by atoms with E-state index in [0.717, 1.165) is 21.1 Å². The van der Waals surface area contributed by atoms with Crippen LogP contribution in [0.3, 0.4) is 0 Å². The van der Waals surface area contributed by atoms with Crippen LogP contribution in [0.1, 0.15) is 0 Å². The van der Waals surface area contributed by atoms with Gasteiger partial charge in [-0.15, -0.1) is 5.10 Å². The molecule has 0 amide bonds. The van der Waals surface area contributed by atoms with Crippen molar-refractivity contribution in [3.63, 3.8) is 0 Å². The van der Waals surface area contributed by atoms with Crippen LogP contribution in [0.25, 0.3) is 5.69 Å². The molecule has 0 unspecified atom stereocenters. The Balaban J connectivity index is 2.11. The van der Waals surface area contributed by atoms with Crippen molar-refractivity contribution < 1.29 is 0 Å². The van der Waals surface area contributed by atoms with E-state index in [1.165, 1.54) is 0 Å². The van der Waals surface area contributed by atoms with Crippen LogP contribution >= 0.6 is 27.7 Å². The summed E-state index contributed by atoms with van der Waals surface area (Å²) in [5, 5.41) is 5.11. The Hall–Kier alpha value is -1.07. The molecule has 1 aromatic carbocycles. The van der Waals surface area contributed by atoms with Crippen molar-refractivity contribution in [3.05, 3.63) is 47.7 Å². The molecule has 0 saturated carbocycles. The minimum Gasteiger partial charge on any atom is -0.220 e. The Kier molecular flexibility index (Phi) is 3.79. The summed E-state index contributed by atoms with van der Waals surface area (Å²) in [7, 11) is 0. The van der Waals surface area contributed by atoms with Crippen molar-refractivity contribution in [2.75, 3.05) is 5.75 Å². The molecule has 0 saturated heterocycles. The van der Waals surface area contributed by atoms with Gasteiger partial charge in [0.25, 0.3) is 0 Å². The summed E-state index contributed by atoms with van der Waals surface area (Å²) in [6.45, 7) is 3.77. The van der Waals surface area contributed by atoms with Crippen molar-refractivity contribution in [2.24, 2.45) is 0 Å². The van der Waals surface area contributed by atoms with Gasteiger partial charge in [-0.05, 0) is 16.6 Å². The first-order chi connectivity index (χ1) is 7.75. The van der Waals surface area contributed by atoms with Crippen LogP contribution in [0.5, 0.6) is 0 Å². The molecule has 2 rings (SSSR count). The molecule has 0 radical (unpaired) electrons. The lowest BCUT2D eigenvalue weighted by Gasteiger charge is -1.97. The zero-order valence-corrected chi connectivity index (χ0v) is 10.9. The first-order valence-electron chi connectivity index (χ1n) is 4.69. The number of rotatable bonds is 4. The van der Waals surface area contributed by atoms with E-state index >= 15 is 0 Å². The monoisotopic (exact) mass is 295 g/mol. The van der Waals surface area contributed by atoms with Gasteiger partial charge in [-0.3, -0.25) is 0 Å². The molecular formula is C11H10BrN3S. The highest BCUT2D eigenvalue weighted by Gasteiger charge is 2.02. The van der Waals surface area contributed by atoms with E-state index in [0.29, 0.717) is 0 Å². The van der Waals surface area contributed by atoms with E-state index in [-0.39, 0.29) is 0 Å². The van der Waals surface area contributed by atoms with Gasteiger partial charge in [-0.25, -0.2) is 9.67 Å². The lowest BCUT2D eigenvalue weighted by atomic mass is 10.3. The van der Waals surface area contributed by atoms with Gasteiger partial charge in [0.2, 0.25) is 5.16 Å². The maximum absolute atomic E-state index is 4.36. The highest BCUT2D eigenvalue weighted by molar-refractivity contribution is 9.11. The van der Waals surface area contributed by atoms with Crippen molar-refractivity contribution in [1.82, 2.24) is 14.8 Å². The predicted octanol–water partition coefficient (Wildman–Crippen LogP) is 3.27. The summed E-state index contributed by atoms with van der Waals surface area (Å²) in [6.07, 6.45) is 1.72. The number of halogens is 1. The lowest BCUT2D eigenvalue weighted by Crippen LogP contribution is -1.93. The maximum Gasteiger partial charge on any atom is 0.209 e. The van der Waals surface area contributed by atoms with Crippen LogP contribution in [0, 0.1) is 0 Å². The maximum atomic E-state index is 4.36. The van der Waals surface area contributed by atoms with Crippen molar-refractivity contribution in [1.29, 1.82) is 0 Å². The number of para-hydroxylation sites is 1. The number of nitrogens with zero attached hydrogens (tertiary/aromatic N) is 3. The summed E-state index contributed by atoms with van der Waals surface area (Å²) in [5.41, 5.74) is 1.01. The van der Waals surface area contributed by atoms with Crippen LogP contribution in [-0.2, 0) is 0 Å². The molecular weight excluding hydrogens is 286 g/mol. The second-order valence-corrected chi connectivity index (χ2v) is 5.18. The molecule has 5 heteroatoms. The van der Waals surface area contributed by atoms with Gasteiger partial charge in [-0.2, -0.15) is 0 Å². The molecule has 0 atom stereocenters. The van der Waals surface area contributed by atoms with E-state index < -0.39 is 0 Å². The molecule has 0 N–H and O–H groups in total. The molecule has 3 nitrogen and oxygen atoms in total. The first kappa shape index (κ1) is 11.4. The summed E-state index contributed by atoms with van der Waals surface area (Å²) in [6, 6.07) is 9.92. The molecule has 82 valence electrons. The Morgan fingerprint density at radius 1 is 1.38 bits per heavy atom. The van der Waals surface area contributed by atoms with Gasteiger partial charge >= 0.3 is 0 Å². The molecule has 2 aromatic rings. The molecule has 0 aliphatic carbocycles. The highest BCUT2D eigenvalue weighted by Crippen LogP contribution is 2.18. The zero-order valence-electron chi connectivity index (χ0n) is 8.51. The predicted molar refractivity (Wildman–Crippen MR) is 70.2 cm³/mol. The number of thioether (sulfide) groups is 1. The average Bonchev–Trinajstić information content (AvgIpc) is 2.76. The van der Waals surface area contributed by atoms with Crippen LogP contribution < -0.4 is 0 Å². The second kappa shape index (κ2) is 5.32. The van der Waals surface area contributed by atoms with E-state index in [9.17, 15) is 0 Å². The third kappa shape index (κ3) is 2.96. The molecule has 1 aromatic heterocycles. The minimum absolute atomic E-state index is 0.754. The number of hydrogen-bond donors (Lipinski definition) is 0. The molecule has 0 aliphatic heterocycles.